The number of amides is 1. The molecule has 25 heavy (non-hydrogen) atoms. The molecule has 130 valence electrons. The maximum absolute atomic E-state index is 12.8. The summed E-state index contributed by atoms with van der Waals surface area (Å²) in [6.45, 7) is 0. The lowest BCUT2D eigenvalue weighted by Gasteiger charge is -2.10. The van der Waals surface area contributed by atoms with E-state index in [4.69, 9.17) is 11.6 Å². The van der Waals surface area contributed by atoms with Crippen molar-refractivity contribution >= 4 is 40.1 Å². The van der Waals surface area contributed by atoms with Crippen molar-refractivity contribution in [2.75, 3.05) is 0 Å². The van der Waals surface area contributed by atoms with E-state index in [9.17, 15) is 18.0 Å². The third-order valence-electron chi connectivity index (χ3n) is 3.51. The number of rotatable bonds is 3. The molecule has 1 aliphatic rings. The number of halogens is 4. The zero-order valence-electron chi connectivity index (χ0n) is 12.7. The first-order valence-corrected chi connectivity index (χ1v) is 8.55. The molecule has 0 bridgehead atoms. The van der Waals surface area contributed by atoms with E-state index >= 15 is 0 Å². The number of benzene rings is 2. The van der Waals surface area contributed by atoms with Crippen LogP contribution in [0.15, 0.2) is 53.5 Å². The van der Waals surface area contributed by atoms with Crippen LogP contribution in [0, 0.1) is 0 Å². The molecule has 8 heteroatoms. The molecule has 1 N–H and O–H groups in total. The number of thioether (sulfide) groups is 1. The first-order valence-electron chi connectivity index (χ1n) is 7.29. The maximum atomic E-state index is 12.8. The van der Waals surface area contributed by atoms with Crippen LogP contribution >= 0.6 is 23.4 Å². The van der Waals surface area contributed by atoms with Gasteiger partial charge in [0.05, 0.1) is 16.5 Å². The van der Waals surface area contributed by atoms with Gasteiger partial charge in [-0.3, -0.25) is 4.79 Å². The highest BCUT2D eigenvalue weighted by Crippen LogP contribution is 2.31. The largest absolute Gasteiger partial charge is 0.416 e. The molecule has 0 aromatic heterocycles. The van der Waals surface area contributed by atoms with Crippen LogP contribution in [0.1, 0.15) is 11.1 Å². The summed E-state index contributed by atoms with van der Waals surface area (Å²) in [6.07, 6.45) is -4.21. The first-order chi connectivity index (χ1) is 11.8. The zero-order valence-corrected chi connectivity index (χ0v) is 14.3. The van der Waals surface area contributed by atoms with E-state index < -0.39 is 17.0 Å². The van der Waals surface area contributed by atoms with E-state index in [0.717, 1.165) is 12.1 Å². The van der Waals surface area contributed by atoms with E-state index in [2.05, 4.69) is 10.3 Å². The van der Waals surface area contributed by atoms with Gasteiger partial charge in [0.2, 0.25) is 5.91 Å². The van der Waals surface area contributed by atoms with Crippen LogP contribution in [0.3, 0.4) is 0 Å². The molecule has 1 heterocycles. The highest BCUT2D eigenvalue weighted by Gasteiger charge is 2.33. The fraction of sp³-hybridized carbons (Fsp3) is 0.176. The third-order valence-corrected chi connectivity index (χ3v) is 4.84. The minimum Gasteiger partial charge on any atom is -0.304 e. The van der Waals surface area contributed by atoms with Gasteiger partial charge in [0, 0.05) is 5.02 Å². The number of nitrogens with one attached hydrogen (secondary N) is 1. The number of hydrogen-bond donors (Lipinski definition) is 1. The molecule has 3 rings (SSSR count). The highest BCUT2D eigenvalue weighted by atomic mass is 35.5. The van der Waals surface area contributed by atoms with Gasteiger partial charge < -0.3 is 5.32 Å². The Bertz CT molecular complexity index is 821. The maximum Gasteiger partial charge on any atom is 0.416 e. The quantitative estimate of drug-likeness (QED) is 0.824. The van der Waals surface area contributed by atoms with Gasteiger partial charge in [-0.2, -0.15) is 13.2 Å². The van der Waals surface area contributed by atoms with E-state index in [-0.39, 0.29) is 12.3 Å². The van der Waals surface area contributed by atoms with Gasteiger partial charge in [0.25, 0.3) is 0 Å². The molecule has 1 fully saturated rings. The molecule has 0 aliphatic carbocycles. The smallest absolute Gasteiger partial charge is 0.304 e. The Morgan fingerprint density at radius 2 is 1.88 bits per heavy atom. The van der Waals surface area contributed by atoms with Crippen molar-refractivity contribution in [1.82, 2.24) is 5.32 Å². The van der Waals surface area contributed by atoms with Gasteiger partial charge in [0.15, 0.2) is 5.17 Å². The molecule has 1 amide bonds. The van der Waals surface area contributed by atoms with Gasteiger partial charge in [-0.15, -0.1) is 0 Å². The average molecular weight is 385 g/mol. The molecule has 0 unspecified atom stereocenters. The minimum atomic E-state index is -4.40. The molecule has 0 saturated carbocycles. The number of carbonyl (C=O) groups excluding carboxylic acids is 1. The van der Waals surface area contributed by atoms with Gasteiger partial charge >= 0.3 is 6.18 Å². The van der Waals surface area contributed by atoms with Crippen molar-refractivity contribution in [2.45, 2.75) is 17.8 Å². The molecule has 3 nitrogen and oxygen atoms in total. The molecule has 2 aromatic rings. The molecular formula is C17H12ClF3N2OS. The summed E-state index contributed by atoms with van der Waals surface area (Å²) in [7, 11) is 0. The van der Waals surface area contributed by atoms with Crippen LogP contribution in [0.4, 0.5) is 18.9 Å². The second-order valence-electron chi connectivity index (χ2n) is 5.39. The number of alkyl halides is 3. The van der Waals surface area contributed by atoms with Gasteiger partial charge in [-0.1, -0.05) is 41.6 Å². The summed E-state index contributed by atoms with van der Waals surface area (Å²) >= 11 is 7.01. The van der Waals surface area contributed by atoms with Crippen molar-refractivity contribution in [3.8, 4) is 0 Å². The van der Waals surface area contributed by atoms with Crippen LogP contribution in [-0.2, 0) is 17.4 Å². The average Bonchev–Trinajstić information content (AvgIpc) is 2.88. The number of amidine groups is 1. The van der Waals surface area contributed by atoms with E-state index in [1.54, 1.807) is 30.3 Å². The van der Waals surface area contributed by atoms with Gasteiger partial charge in [-0.25, -0.2) is 4.99 Å². The van der Waals surface area contributed by atoms with Crippen LogP contribution in [0.5, 0.6) is 0 Å². The van der Waals surface area contributed by atoms with E-state index in [1.165, 1.54) is 17.8 Å². The Hall–Kier alpha value is -1.99. The lowest BCUT2D eigenvalue weighted by atomic mass is 10.1. The number of nitrogens with zero attached hydrogens (tertiary/aromatic N) is 1. The fourth-order valence-corrected chi connectivity index (χ4v) is 3.47. The zero-order chi connectivity index (χ0) is 18.0. The van der Waals surface area contributed by atoms with Crippen molar-refractivity contribution in [1.29, 1.82) is 0 Å². The topological polar surface area (TPSA) is 41.5 Å². The van der Waals surface area contributed by atoms with Crippen molar-refractivity contribution < 1.29 is 18.0 Å². The number of hydrogen-bond acceptors (Lipinski definition) is 3. The molecule has 1 atom stereocenters. The minimum absolute atomic E-state index is 0.195. The summed E-state index contributed by atoms with van der Waals surface area (Å²) in [5.41, 5.74) is 0.366. The van der Waals surface area contributed by atoms with Gasteiger partial charge in [0.1, 0.15) is 0 Å². The normalized spacial score (nSPS) is 19.3. The first kappa shape index (κ1) is 17.8. The fourth-order valence-electron chi connectivity index (χ4n) is 2.31. The van der Waals surface area contributed by atoms with Crippen LogP contribution in [0.25, 0.3) is 0 Å². The predicted molar refractivity (Wildman–Crippen MR) is 93.2 cm³/mol. The predicted octanol–water partition coefficient (Wildman–Crippen LogP) is 4.82. The summed E-state index contributed by atoms with van der Waals surface area (Å²) in [4.78, 5) is 16.4. The van der Waals surface area contributed by atoms with E-state index in [1.807, 2.05) is 0 Å². The second-order valence-corrected chi connectivity index (χ2v) is 7.02. The monoisotopic (exact) mass is 384 g/mol. The van der Waals surface area contributed by atoms with Gasteiger partial charge in [-0.05, 0) is 42.3 Å². The van der Waals surface area contributed by atoms with Crippen molar-refractivity contribution in [3.05, 3.63) is 64.7 Å². The highest BCUT2D eigenvalue weighted by molar-refractivity contribution is 8.15. The summed E-state index contributed by atoms with van der Waals surface area (Å²) < 4.78 is 38.3. The van der Waals surface area contributed by atoms with Crippen LogP contribution in [0.2, 0.25) is 5.02 Å². The molecule has 0 spiro atoms. The SMILES string of the molecule is O=C1NC(=Nc2ccc(Cl)cc2)S[C@@H]1Cc1cccc(C(F)(F)F)c1. The van der Waals surface area contributed by atoms with Crippen molar-refractivity contribution in [2.24, 2.45) is 4.99 Å². The van der Waals surface area contributed by atoms with Crippen LogP contribution < -0.4 is 5.32 Å². The lowest BCUT2D eigenvalue weighted by Crippen LogP contribution is -2.26. The Kier molecular flexibility index (Phi) is 5.06. The summed E-state index contributed by atoms with van der Waals surface area (Å²) in [5.74, 6) is -0.268. The molecular weight excluding hydrogens is 373 g/mol. The third kappa shape index (κ3) is 4.55. The molecule has 2 aromatic carbocycles. The summed E-state index contributed by atoms with van der Waals surface area (Å²) in [5, 5.41) is 3.13. The molecule has 0 radical (unpaired) electrons. The Morgan fingerprint density at radius 3 is 2.56 bits per heavy atom. The van der Waals surface area contributed by atoms with E-state index in [0.29, 0.717) is 21.4 Å². The Balaban J connectivity index is 1.72. The molecule has 1 saturated heterocycles. The molecule has 1 aliphatic heterocycles. The van der Waals surface area contributed by atoms with Crippen molar-refractivity contribution in [3.63, 3.8) is 0 Å². The standard InChI is InChI=1S/C17H12ClF3N2OS/c18-12-4-6-13(7-5-12)22-16-23-15(24)14(25-16)9-10-2-1-3-11(8-10)17(19,20)21/h1-8,14H,9H2,(H,22,23,24)/t14-/m1/s1. The second kappa shape index (κ2) is 7.09. The Morgan fingerprint density at radius 1 is 1.16 bits per heavy atom. The Labute approximate surface area is 151 Å². The number of carbonyl (C=O) groups is 1. The lowest BCUT2D eigenvalue weighted by molar-refractivity contribution is -0.137. The summed E-state index contributed by atoms with van der Waals surface area (Å²) in [6, 6.07) is 11.8. The van der Waals surface area contributed by atoms with Crippen LogP contribution in [-0.4, -0.2) is 16.3 Å². The number of aliphatic imine (C=N–C) groups is 1.